The maximum absolute atomic E-state index is 12.0. The number of carbonyl (C=O) groups excluding carboxylic acids is 2. The van der Waals surface area contributed by atoms with Crippen molar-refractivity contribution in [2.45, 2.75) is 0 Å². The maximum Gasteiger partial charge on any atom is 0.338 e. The fraction of sp³-hybridized carbons (Fsp3) is 0.0625. The number of fused-ring (bicyclic) bond motifs is 1. The number of nitrogens with one attached hydrogen (secondary N) is 1. The van der Waals surface area contributed by atoms with Gasteiger partial charge in [-0.3, -0.25) is 4.79 Å². The van der Waals surface area contributed by atoms with E-state index in [-0.39, 0.29) is 17.4 Å². The zero-order valence-corrected chi connectivity index (χ0v) is 13.2. The SMILES string of the molecule is O=C(COC(=O)c1ccc2nc[nH]c2c1)c1ccc(Cl)c(Cl)c1. The number of Topliss-reactive ketones (excluding diaryl/α,β-unsaturated/α-hetero) is 1. The van der Waals surface area contributed by atoms with Crippen molar-refractivity contribution in [2.24, 2.45) is 0 Å². The summed E-state index contributed by atoms with van der Waals surface area (Å²) in [6.45, 7) is -0.377. The molecule has 0 atom stereocenters. The van der Waals surface area contributed by atoms with Gasteiger partial charge in [0.25, 0.3) is 0 Å². The van der Waals surface area contributed by atoms with E-state index in [4.69, 9.17) is 27.9 Å². The van der Waals surface area contributed by atoms with Gasteiger partial charge < -0.3 is 9.72 Å². The number of ether oxygens (including phenoxy) is 1. The highest BCUT2D eigenvalue weighted by Crippen LogP contribution is 2.23. The molecular weight excluding hydrogens is 339 g/mol. The van der Waals surface area contributed by atoms with Crippen molar-refractivity contribution in [3.05, 3.63) is 63.9 Å². The lowest BCUT2D eigenvalue weighted by Crippen LogP contribution is -2.14. The van der Waals surface area contributed by atoms with Crippen molar-refractivity contribution >= 4 is 46.0 Å². The van der Waals surface area contributed by atoms with Gasteiger partial charge in [0.1, 0.15) is 0 Å². The molecule has 2 aromatic carbocycles. The van der Waals surface area contributed by atoms with Crippen molar-refractivity contribution in [3.63, 3.8) is 0 Å². The predicted molar refractivity (Wildman–Crippen MR) is 87.2 cm³/mol. The van der Waals surface area contributed by atoms with Gasteiger partial charge in [-0.1, -0.05) is 23.2 Å². The molecular formula is C16H10Cl2N2O3. The number of aromatic amines is 1. The van der Waals surface area contributed by atoms with Gasteiger partial charge in [0, 0.05) is 5.56 Å². The van der Waals surface area contributed by atoms with E-state index < -0.39 is 5.97 Å². The number of benzene rings is 2. The number of hydrogen-bond acceptors (Lipinski definition) is 4. The highest BCUT2D eigenvalue weighted by molar-refractivity contribution is 6.42. The summed E-state index contributed by atoms with van der Waals surface area (Å²) in [5.74, 6) is -0.950. The second-order valence-electron chi connectivity index (χ2n) is 4.76. The normalized spacial score (nSPS) is 10.7. The first kappa shape index (κ1) is 15.5. The van der Waals surface area contributed by atoms with Crippen LogP contribution >= 0.6 is 23.2 Å². The average molecular weight is 349 g/mol. The molecule has 0 unspecified atom stereocenters. The number of imidazole rings is 1. The fourth-order valence-corrected chi connectivity index (χ4v) is 2.33. The highest BCUT2D eigenvalue weighted by atomic mass is 35.5. The minimum absolute atomic E-state index is 0.272. The Morgan fingerprint density at radius 2 is 1.83 bits per heavy atom. The second-order valence-corrected chi connectivity index (χ2v) is 5.58. The molecule has 3 rings (SSSR count). The minimum Gasteiger partial charge on any atom is -0.454 e. The molecule has 0 saturated carbocycles. The number of carbonyl (C=O) groups is 2. The monoisotopic (exact) mass is 348 g/mol. The Bertz CT molecular complexity index is 905. The Hall–Kier alpha value is -2.37. The molecule has 5 nitrogen and oxygen atoms in total. The molecule has 0 bridgehead atoms. The molecule has 1 aromatic heterocycles. The van der Waals surface area contributed by atoms with E-state index in [9.17, 15) is 9.59 Å². The third-order valence-electron chi connectivity index (χ3n) is 3.23. The van der Waals surface area contributed by atoms with Crippen LogP contribution in [0.4, 0.5) is 0 Å². The van der Waals surface area contributed by atoms with Gasteiger partial charge in [-0.05, 0) is 36.4 Å². The first-order valence-corrected chi connectivity index (χ1v) is 7.39. The first-order chi connectivity index (χ1) is 11.0. The largest absolute Gasteiger partial charge is 0.454 e. The Balaban J connectivity index is 1.68. The Kier molecular flexibility index (Phi) is 4.32. The first-order valence-electron chi connectivity index (χ1n) is 6.63. The molecule has 0 spiro atoms. The fourth-order valence-electron chi connectivity index (χ4n) is 2.03. The van der Waals surface area contributed by atoms with E-state index in [1.807, 2.05) is 0 Å². The number of esters is 1. The number of rotatable bonds is 4. The van der Waals surface area contributed by atoms with Gasteiger partial charge in [-0.15, -0.1) is 0 Å². The van der Waals surface area contributed by atoms with Crippen molar-refractivity contribution in [2.75, 3.05) is 6.61 Å². The third kappa shape index (κ3) is 3.36. The highest BCUT2D eigenvalue weighted by Gasteiger charge is 2.13. The predicted octanol–water partition coefficient (Wildman–Crippen LogP) is 3.91. The summed E-state index contributed by atoms with van der Waals surface area (Å²) in [5.41, 5.74) is 2.13. The molecule has 0 radical (unpaired) electrons. The molecule has 1 N–H and O–H groups in total. The van der Waals surface area contributed by atoms with Crippen LogP contribution in [-0.4, -0.2) is 28.3 Å². The van der Waals surface area contributed by atoms with Crippen LogP contribution in [0, 0.1) is 0 Å². The summed E-state index contributed by atoms with van der Waals surface area (Å²) in [5, 5.41) is 0.626. The number of nitrogens with zero attached hydrogens (tertiary/aromatic N) is 1. The molecule has 0 fully saturated rings. The summed E-state index contributed by atoms with van der Waals surface area (Å²) < 4.78 is 5.04. The van der Waals surface area contributed by atoms with Crippen LogP contribution in [0.3, 0.4) is 0 Å². The van der Waals surface area contributed by atoms with Crippen LogP contribution in [-0.2, 0) is 4.74 Å². The minimum atomic E-state index is -0.588. The molecule has 0 amide bonds. The standard InChI is InChI=1S/C16H10Cl2N2O3/c17-11-3-1-9(5-12(11)18)15(21)7-23-16(22)10-2-4-13-14(6-10)20-8-19-13/h1-6,8H,7H2,(H,19,20). The number of halogens is 2. The molecule has 0 aliphatic heterocycles. The molecule has 7 heteroatoms. The summed E-state index contributed by atoms with van der Waals surface area (Å²) in [4.78, 5) is 31.0. The topological polar surface area (TPSA) is 72.1 Å². The summed E-state index contributed by atoms with van der Waals surface area (Å²) >= 11 is 11.7. The van der Waals surface area contributed by atoms with Crippen molar-refractivity contribution in [1.29, 1.82) is 0 Å². The number of hydrogen-bond donors (Lipinski definition) is 1. The molecule has 0 saturated heterocycles. The maximum atomic E-state index is 12.0. The number of H-pyrrole nitrogens is 1. The van der Waals surface area contributed by atoms with Crippen LogP contribution < -0.4 is 0 Å². The smallest absolute Gasteiger partial charge is 0.338 e. The van der Waals surface area contributed by atoms with E-state index in [2.05, 4.69) is 9.97 Å². The van der Waals surface area contributed by atoms with Gasteiger partial charge in [0.2, 0.25) is 0 Å². The Labute approximate surface area is 141 Å². The Morgan fingerprint density at radius 3 is 2.61 bits per heavy atom. The zero-order chi connectivity index (χ0) is 16.4. The molecule has 23 heavy (non-hydrogen) atoms. The van der Waals surface area contributed by atoms with Crippen LogP contribution in [0.1, 0.15) is 20.7 Å². The van der Waals surface area contributed by atoms with Gasteiger partial charge in [-0.2, -0.15) is 0 Å². The van der Waals surface area contributed by atoms with E-state index in [0.29, 0.717) is 16.1 Å². The summed E-state index contributed by atoms with van der Waals surface area (Å²) in [6.07, 6.45) is 1.54. The average Bonchev–Trinajstić information content (AvgIpc) is 3.02. The second kappa shape index (κ2) is 6.40. The van der Waals surface area contributed by atoms with E-state index >= 15 is 0 Å². The van der Waals surface area contributed by atoms with Gasteiger partial charge in [0.05, 0.1) is 33.0 Å². The lowest BCUT2D eigenvalue weighted by Gasteiger charge is -2.05. The molecule has 1 heterocycles. The van der Waals surface area contributed by atoms with Crippen molar-refractivity contribution in [1.82, 2.24) is 9.97 Å². The number of aromatic nitrogens is 2. The van der Waals surface area contributed by atoms with E-state index in [0.717, 1.165) is 11.0 Å². The van der Waals surface area contributed by atoms with Gasteiger partial charge >= 0.3 is 5.97 Å². The van der Waals surface area contributed by atoms with Crippen molar-refractivity contribution < 1.29 is 14.3 Å². The number of ketones is 1. The van der Waals surface area contributed by atoms with E-state index in [1.165, 1.54) is 24.5 Å². The van der Waals surface area contributed by atoms with Crippen molar-refractivity contribution in [3.8, 4) is 0 Å². The summed E-state index contributed by atoms with van der Waals surface area (Å²) in [6, 6.07) is 9.40. The Morgan fingerprint density at radius 1 is 1.04 bits per heavy atom. The van der Waals surface area contributed by atoms with Crippen LogP contribution in [0.25, 0.3) is 11.0 Å². The van der Waals surface area contributed by atoms with Crippen LogP contribution in [0.5, 0.6) is 0 Å². The lowest BCUT2D eigenvalue weighted by molar-refractivity contribution is 0.0475. The zero-order valence-electron chi connectivity index (χ0n) is 11.7. The van der Waals surface area contributed by atoms with E-state index in [1.54, 1.807) is 18.2 Å². The van der Waals surface area contributed by atoms with Crippen LogP contribution in [0.2, 0.25) is 10.0 Å². The summed E-state index contributed by atoms with van der Waals surface area (Å²) in [7, 11) is 0. The molecule has 3 aromatic rings. The van der Waals surface area contributed by atoms with Gasteiger partial charge in [-0.25, -0.2) is 9.78 Å². The molecule has 116 valence electrons. The third-order valence-corrected chi connectivity index (χ3v) is 3.97. The molecule has 0 aliphatic rings. The lowest BCUT2D eigenvalue weighted by atomic mass is 10.1. The van der Waals surface area contributed by atoms with Gasteiger partial charge in [0.15, 0.2) is 12.4 Å². The van der Waals surface area contributed by atoms with Crippen LogP contribution in [0.15, 0.2) is 42.7 Å². The molecule has 0 aliphatic carbocycles. The quantitative estimate of drug-likeness (QED) is 0.573.